The van der Waals surface area contributed by atoms with Crippen LogP contribution in [0.3, 0.4) is 0 Å². The van der Waals surface area contributed by atoms with E-state index in [0.29, 0.717) is 11.7 Å². The zero-order valence-electron chi connectivity index (χ0n) is 8.51. The van der Waals surface area contributed by atoms with Gasteiger partial charge in [-0.1, -0.05) is 0 Å². The first-order chi connectivity index (χ1) is 6.15. The average molecular weight is 198 g/mol. The molecule has 0 aliphatic heterocycles. The molecule has 2 aliphatic rings. The van der Waals surface area contributed by atoms with Crippen LogP contribution in [0.25, 0.3) is 0 Å². The van der Waals surface area contributed by atoms with Gasteiger partial charge in [-0.3, -0.25) is 4.79 Å². The van der Waals surface area contributed by atoms with Gasteiger partial charge in [-0.05, 0) is 44.8 Å². The third-order valence-corrected chi connectivity index (χ3v) is 4.88. The molecule has 0 radical (unpaired) electrons. The maximum Gasteiger partial charge on any atom is 0.137 e. The predicted octanol–water partition coefficient (Wildman–Crippen LogP) is 2.89. The van der Waals surface area contributed by atoms with Crippen LogP contribution in [-0.4, -0.2) is 16.8 Å². The first kappa shape index (κ1) is 9.57. The Morgan fingerprint density at radius 2 is 2.00 bits per heavy atom. The van der Waals surface area contributed by atoms with Gasteiger partial charge in [0.05, 0.1) is 0 Å². The van der Waals surface area contributed by atoms with Gasteiger partial charge in [0.25, 0.3) is 0 Å². The molecule has 0 spiro atoms. The van der Waals surface area contributed by atoms with Crippen LogP contribution in [0.4, 0.5) is 0 Å². The second-order valence-electron chi connectivity index (χ2n) is 4.71. The maximum atomic E-state index is 11.7. The minimum atomic E-state index is 0.264. The lowest BCUT2D eigenvalue weighted by molar-refractivity contribution is -0.120. The van der Waals surface area contributed by atoms with E-state index in [1.165, 1.54) is 12.8 Å². The molecule has 74 valence electrons. The molecule has 2 saturated carbocycles. The van der Waals surface area contributed by atoms with Gasteiger partial charge in [0.15, 0.2) is 0 Å². The zero-order valence-corrected chi connectivity index (χ0v) is 9.32. The Morgan fingerprint density at radius 3 is 2.38 bits per heavy atom. The van der Waals surface area contributed by atoms with Crippen molar-refractivity contribution in [3.63, 3.8) is 0 Å². The SMILES string of the molecule is CS[C@](C)(CC(=O)C1CC1)C1CC1. The molecular weight excluding hydrogens is 180 g/mol. The third kappa shape index (κ3) is 2.09. The Balaban J connectivity index is 1.91. The normalized spacial score (nSPS) is 26.9. The van der Waals surface area contributed by atoms with E-state index >= 15 is 0 Å². The number of ketones is 1. The number of hydrogen-bond donors (Lipinski definition) is 0. The highest BCUT2D eigenvalue weighted by atomic mass is 32.2. The van der Waals surface area contributed by atoms with Crippen molar-refractivity contribution in [3.8, 4) is 0 Å². The fraction of sp³-hybridized carbons (Fsp3) is 0.909. The number of Topliss-reactive ketones (excluding diaryl/α,β-unsaturated/α-hetero) is 1. The standard InChI is InChI=1S/C11H18OS/c1-11(13-2,9-5-6-9)7-10(12)8-3-4-8/h8-9H,3-7H2,1-2H3/t11-/m1/s1. The van der Waals surface area contributed by atoms with Crippen molar-refractivity contribution in [2.45, 2.75) is 43.8 Å². The minimum absolute atomic E-state index is 0.264. The predicted molar refractivity (Wildman–Crippen MR) is 57.0 cm³/mol. The van der Waals surface area contributed by atoms with Crippen LogP contribution >= 0.6 is 11.8 Å². The quantitative estimate of drug-likeness (QED) is 0.675. The third-order valence-electron chi connectivity index (χ3n) is 3.47. The molecule has 0 N–H and O–H groups in total. The van der Waals surface area contributed by atoms with Gasteiger partial charge in [-0.2, -0.15) is 11.8 Å². The second kappa shape index (κ2) is 3.30. The summed E-state index contributed by atoms with van der Waals surface area (Å²) in [5, 5.41) is 0. The van der Waals surface area contributed by atoms with Gasteiger partial charge in [-0.15, -0.1) is 0 Å². The molecule has 0 amide bonds. The van der Waals surface area contributed by atoms with Crippen LogP contribution in [0.15, 0.2) is 0 Å². The number of thioether (sulfide) groups is 1. The fourth-order valence-electron chi connectivity index (χ4n) is 1.97. The molecule has 2 fully saturated rings. The summed E-state index contributed by atoms with van der Waals surface area (Å²) in [6.07, 6.45) is 7.98. The number of hydrogen-bond acceptors (Lipinski definition) is 2. The number of rotatable bonds is 5. The van der Waals surface area contributed by atoms with Gasteiger partial charge >= 0.3 is 0 Å². The molecule has 2 rings (SSSR count). The van der Waals surface area contributed by atoms with E-state index in [9.17, 15) is 4.79 Å². The molecule has 2 aliphatic carbocycles. The topological polar surface area (TPSA) is 17.1 Å². The van der Waals surface area contributed by atoms with E-state index in [1.807, 2.05) is 11.8 Å². The van der Waals surface area contributed by atoms with Crippen molar-refractivity contribution in [1.29, 1.82) is 0 Å². The summed E-state index contributed by atoms with van der Waals surface area (Å²) in [5.41, 5.74) is 0. The lowest BCUT2D eigenvalue weighted by Crippen LogP contribution is -2.27. The Labute approximate surface area is 84.7 Å². The molecule has 0 heterocycles. The minimum Gasteiger partial charge on any atom is -0.299 e. The Kier molecular flexibility index (Phi) is 2.43. The van der Waals surface area contributed by atoms with Gasteiger partial charge in [0.2, 0.25) is 0 Å². The van der Waals surface area contributed by atoms with Gasteiger partial charge < -0.3 is 0 Å². The zero-order chi connectivity index (χ0) is 9.47. The highest BCUT2D eigenvalue weighted by molar-refractivity contribution is 8.00. The summed E-state index contributed by atoms with van der Waals surface area (Å²) >= 11 is 1.90. The monoisotopic (exact) mass is 198 g/mol. The summed E-state index contributed by atoms with van der Waals surface area (Å²) in [4.78, 5) is 11.7. The molecule has 0 aromatic carbocycles. The van der Waals surface area contributed by atoms with E-state index < -0.39 is 0 Å². The van der Waals surface area contributed by atoms with E-state index in [0.717, 1.165) is 25.2 Å². The fourth-order valence-corrected chi connectivity index (χ4v) is 2.83. The highest BCUT2D eigenvalue weighted by Crippen LogP contribution is 2.49. The van der Waals surface area contributed by atoms with Crippen LogP contribution < -0.4 is 0 Å². The van der Waals surface area contributed by atoms with Crippen LogP contribution in [-0.2, 0) is 4.79 Å². The summed E-state index contributed by atoms with van der Waals surface area (Å²) in [6.45, 7) is 2.27. The lowest BCUT2D eigenvalue weighted by atomic mass is 9.96. The van der Waals surface area contributed by atoms with Crippen molar-refractivity contribution in [3.05, 3.63) is 0 Å². The molecule has 0 aromatic heterocycles. The summed E-state index contributed by atoms with van der Waals surface area (Å²) in [6, 6.07) is 0. The highest BCUT2D eigenvalue weighted by Gasteiger charge is 2.44. The molecule has 0 unspecified atom stereocenters. The van der Waals surface area contributed by atoms with Crippen molar-refractivity contribution in [2.75, 3.05) is 6.26 Å². The number of carbonyl (C=O) groups is 1. The van der Waals surface area contributed by atoms with Crippen LogP contribution in [0.5, 0.6) is 0 Å². The molecule has 1 nitrogen and oxygen atoms in total. The Hall–Kier alpha value is 0.0200. The molecule has 0 aromatic rings. The molecule has 1 atom stereocenters. The Bertz CT molecular complexity index is 218. The van der Waals surface area contributed by atoms with E-state index in [-0.39, 0.29) is 4.75 Å². The summed E-state index contributed by atoms with van der Waals surface area (Å²) < 4.78 is 0.264. The van der Waals surface area contributed by atoms with Gasteiger partial charge in [-0.25, -0.2) is 0 Å². The van der Waals surface area contributed by atoms with E-state index in [4.69, 9.17) is 0 Å². The van der Waals surface area contributed by atoms with E-state index in [1.54, 1.807) is 0 Å². The van der Waals surface area contributed by atoms with Gasteiger partial charge in [0, 0.05) is 17.1 Å². The summed E-state index contributed by atoms with van der Waals surface area (Å²) in [5.74, 6) is 1.80. The van der Waals surface area contributed by atoms with Crippen LogP contribution in [0, 0.1) is 11.8 Å². The van der Waals surface area contributed by atoms with Crippen molar-refractivity contribution in [1.82, 2.24) is 0 Å². The Morgan fingerprint density at radius 1 is 1.38 bits per heavy atom. The first-order valence-electron chi connectivity index (χ1n) is 5.23. The molecule has 0 saturated heterocycles. The molecular formula is C11H18OS. The van der Waals surface area contributed by atoms with Crippen LogP contribution in [0.1, 0.15) is 39.0 Å². The van der Waals surface area contributed by atoms with Crippen molar-refractivity contribution >= 4 is 17.5 Å². The largest absolute Gasteiger partial charge is 0.299 e. The van der Waals surface area contributed by atoms with Gasteiger partial charge in [0.1, 0.15) is 5.78 Å². The molecule has 2 heteroatoms. The molecule has 0 bridgehead atoms. The average Bonchev–Trinajstić information content (AvgIpc) is 2.90. The summed E-state index contributed by atoms with van der Waals surface area (Å²) in [7, 11) is 0. The van der Waals surface area contributed by atoms with Crippen LogP contribution in [0.2, 0.25) is 0 Å². The van der Waals surface area contributed by atoms with Crippen molar-refractivity contribution in [2.24, 2.45) is 11.8 Å². The maximum absolute atomic E-state index is 11.7. The lowest BCUT2D eigenvalue weighted by Gasteiger charge is -2.26. The second-order valence-corrected chi connectivity index (χ2v) is 6.05. The first-order valence-corrected chi connectivity index (χ1v) is 6.46. The van der Waals surface area contributed by atoms with E-state index in [2.05, 4.69) is 13.2 Å². The molecule has 13 heavy (non-hydrogen) atoms. The van der Waals surface area contributed by atoms with Crippen molar-refractivity contribution < 1.29 is 4.79 Å². The smallest absolute Gasteiger partial charge is 0.137 e. The number of carbonyl (C=O) groups excluding carboxylic acids is 1.